The maximum Gasteiger partial charge on any atom is 0.293 e. The number of benzene rings is 1. The second-order valence-electron chi connectivity index (χ2n) is 8.21. The Morgan fingerprint density at radius 1 is 1.00 bits per heavy atom. The van der Waals surface area contributed by atoms with E-state index in [0.717, 1.165) is 33.4 Å². The van der Waals surface area contributed by atoms with E-state index < -0.39 is 0 Å². The molecule has 1 N–H and O–H groups in total. The first-order valence-electron chi connectivity index (χ1n) is 7.92. The molecule has 1 saturated heterocycles. The Bertz CT molecular complexity index is 701. The molecule has 0 aliphatic carbocycles. The van der Waals surface area contributed by atoms with Gasteiger partial charge in [0.15, 0.2) is 0 Å². The van der Waals surface area contributed by atoms with Gasteiger partial charge in [-0.15, -0.1) is 0 Å². The van der Waals surface area contributed by atoms with Crippen LogP contribution in [0.3, 0.4) is 0 Å². The van der Waals surface area contributed by atoms with Gasteiger partial charge in [-0.2, -0.15) is 0 Å². The van der Waals surface area contributed by atoms with Gasteiger partial charge >= 0.3 is 0 Å². The van der Waals surface area contributed by atoms with E-state index in [-0.39, 0.29) is 22.0 Å². The van der Waals surface area contributed by atoms with E-state index >= 15 is 0 Å². The number of amides is 2. The zero-order chi connectivity index (χ0) is 18.4. The van der Waals surface area contributed by atoms with Crippen LogP contribution in [0.15, 0.2) is 17.0 Å². The van der Waals surface area contributed by atoms with Gasteiger partial charge in [-0.1, -0.05) is 41.5 Å². The van der Waals surface area contributed by atoms with Gasteiger partial charge in [0.25, 0.3) is 11.1 Å². The second kappa shape index (κ2) is 5.96. The van der Waals surface area contributed by atoms with Crippen LogP contribution in [0.5, 0.6) is 5.75 Å². The fourth-order valence-electron chi connectivity index (χ4n) is 2.58. The number of phenolic OH excluding ortho intramolecular Hbond substituents is 1. The minimum absolute atomic E-state index is 0.238. The summed E-state index contributed by atoms with van der Waals surface area (Å²) in [6.07, 6.45) is 1.73. The minimum atomic E-state index is -0.285. The molecule has 1 aliphatic heterocycles. The van der Waals surface area contributed by atoms with Gasteiger partial charge in [0.1, 0.15) is 5.75 Å². The normalized spacial score (nSPS) is 18.0. The summed E-state index contributed by atoms with van der Waals surface area (Å²) in [5, 5.41) is 10.5. The van der Waals surface area contributed by atoms with E-state index in [1.165, 1.54) is 7.05 Å². The number of carbonyl (C=O) groups excluding carboxylic acids is 2. The summed E-state index contributed by atoms with van der Waals surface area (Å²) in [6.45, 7) is 12.2. The molecule has 0 bridgehead atoms. The summed E-state index contributed by atoms with van der Waals surface area (Å²) >= 11 is 0.944. The molecule has 24 heavy (non-hydrogen) atoms. The fraction of sp³-hybridized carbons (Fsp3) is 0.474. The van der Waals surface area contributed by atoms with Crippen LogP contribution < -0.4 is 0 Å². The lowest BCUT2D eigenvalue weighted by Crippen LogP contribution is -2.22. The summed E-state index contributed by atoms with van der Waals surface area (Å²) in [5.41, 5.74) is 2.01. The van der Waals surface area contributed by atoms with Crippen molar-refractivity contribution in [3.8, 4) is 5.75 Å². The van der Waals surface area contributed by atoms with Crippen LogP contribution in [-0.2, 0) is 15.6 Å². The van der Waals surface area contributed by atoms with Crippen LogP contribution in [0, 0.1) is 0 Å². The van der Waals surface area contributed by atoms with Gasteiger partial charge in [-0.05, 0) is 46.4 Å². The average Bonchev–Trinajstić information content (AvgIpc) is 2.65. The van der Waals surface area contributed by atoms with E-state index in [1.807, 2.05) is 53.7 Å². The van der Waals surface area contributed by atoms with Crippen molar-refractivity contribution < 1.29 is 14.7 Å². The van der Waals surface area contributed by atoms with Crippen molar-refractivity contribution in [1.82, 2.24) is 4.90 Å². The number of hydrogen-bond donors (Lipinski definition) is 1. The molecule has 130 valence electrons. The Morgan fingerprint density at radius 3 is 1.79 bits per heavy atom. The molecule has 1 fully saturated rings. The van der Waals surface area contributed by atoms with E-state index in [9.17, 15) is 14.7 Å². The number of carbonyl (C=O) groups is 2. The highest BCUT2D eigenvalue weighted by molar-refractivity contribution is 8.18. The molecule has 0 spiro atoms. The van der Waals surface area contributed by atoms with E-state index in [4.69, 9.17) is 0 Å². The topological polar surface area (TPSA) is 57.6 Å². The lowest BCUT2D eigenvalue weighted by Gasteiger charge is -2.28. The highest BCUT2D eigenvalue weighted by atomic mass is 32.2. The van der Waals surface area contributed by atoms with Crippen LogP contribution in [0.25, 0.3) is 6.08 Å². The Kier molecular flexibility index (Phi) is 4.61. The Labute approximate surface area is 147 Å². The highest BCUT2D eigenvalue weighted by Gasteiger charge is 2.32. The molecule has 0 saturated carbocycles. The van der Waals surface area contributed by atoms with Gasteiger partial charge in [0, 0.05) is 18.2 Å². The van der Waals surface area contributed by atoms with Gasteiger partial charge < -0.3 is 5.11 Å². The van der Waals surface area contributed by atoms with Gasteiger partial charge in [-0.3, -0.25) is 14.5 Å². The average molecular weight is 347 g/mol. The van der Waals surface area contributed by atoms with E-state index in [1.54, 1.807) is 6.08 Å². The van der Waals surface area contributed by atoms with Crippen molar-refractivity contribution in [2.45, 2.75) is 52.4 Å². The molecule has 2 amide bonds. The van der Waals surface area contributed by atoms with Crippen LogP contribution in [-0.4, -0.2) is 28.2 Å². The molecule has 0 radical (unpaired) electrons. The number of rotatable bonds is 1. The lowest BCUT2D eigenvalue weighted by atomic mass is 9.78. The molecule has 0 aromatic heterocycles. The van der Waals surface area contributed by atoms with Crippen LogP contribution >= 0.6 is 11.8 Å². The molecule has 4 nitrogen and oxygen atoms in total. The van der Waals surface area contributed by atoms with Crippen LogP contribution in [0.1, 0.15) is 58.2 Å². The molecule has 0 atom stereocenters. The molecular formula is C19H25NO3S. The third-order valence-corrected chi connectivity index (χ3v) is 4.99. The fourth-order valence-corrected chi connectivity index (χ4v) is 3.41. The van der Waals surface area contributed by atoms with Crippen molar-refractivity contribution in [2.24, 2.45) is 0 Å². The molecular weight excluding hydrogens is 322 g/mol. The first-order chi connectivity index (χ1) is 10.8. The molecule has 1 aliphatic rings. The summed E-state index contributed by atoms with van der Waals surface area (Å²) in [7, 11) is 1.48. The van der Waals surface area contributed by atoms with Crippen molar-refractivity contribution in [3.63, 3.8) is 0 Å². The van der Waals surface area contributed by atoms with Crippen LogP contribution in [0.4, 0.5) is 4.79 Å². The summed E-state index contributed by atoms with van der Waals surface area (Å²) in [5.74, 6) is 0.0171. The third kappa shape index (κ3) is 3.51. The maximum atomic E-state index is 12.1. The quantitative estimate of drug-likeness (QED) is 0.751. The third-order valence-electron chi connectivity index (χ3n) is 4.03. The number of likely N-dealkylation sites (N-methyl/N-ethyl adjacent to an activating group) is 1. The molecule has 5 heteroatoms. The summed E-state index contributed by atoms with van der Waals surface area (Å²) in [4.78, 5) is 25.3. The van der Waals surface area contributed by atoms with Crippen molar-refractivity contribution in [3.05, 3.63) is 33.7 Å². The smallest absolute Gasteiger partial charge is 0.293 e. The molecule has 0 unspecified atom stereocenters. The van der Waals surface area contributed by atoms with Crippen LogP contribution in [0.2, 0.25) is 0 Å². The monoisotopic (exact) mass is 347 g/mol. The first kappa shape index (κ1) is 18.6. The summed E-state index contributed by atoms with van der Waals surface area (Å²) in [6, 6.07) is 3.79. The molecule has 1 aromatic carbocycles. The second-order valence-corrected chi connectivity index (χ2v) is 9.20. The van der Waals surface area contributed by atoms with E-state index in [0.29, 0.717) is 10.7 Å². The Balaban J connectivity index is 2.64. The number of thioether (sulfide) groups is 1. The largest absolute Gasteiger partial charge is 0.507 e. The SMILES string of the molecule is CN1C(=O)S/C(=C\c2cc(C(C)(C)C)c(O)c(C(C)(C)C)c2)C1=O. The van der Waals surface area contributed by atoms with Gasteiger partial charge in [0.2, 0.25) is 0 Å². The number of phenols is 1. The standard InChI is InChI=1S/C19H25NO3S/c1-18(2,3)12-8-11(9-13(15(12)21)19(4,5)6)10-14-16(22)20(7)17(23)24-14/h8-10,21H,1-7H3/b14-10-. The molecule has 1 aromatic rings. The van der Waals surface area contributed by atoms with Crippen molar-refractivity contribution >= 4 is 29.0 Å². The minimum Gasteiger partial charge on any atom is -0.507 e. The number of nitrogens with zero attached hydrogens (tertiary/aromatic N) is 1. The van der Waals surface area contributed by atoms with Gasteiger partial charge in [0.05, 0.1) is 4.91 Å². The van der Waals surface area contributed by atoms with Gasteiger partial charge in [-0.25, -0.2) is 0 Å². The summed E-state index contributed by atoms with van der Waals surface area (Å²) < 4.78 is 0. The molecule has 1 heterocycles. The van der Waals surface area contributed by atoms with Crippen molar-refractivity contribution in [1.29, 1.82) is 0 Å². The zero-order valence-electron chi connectivity index (χ0n) is 15.4. The molecule has 2 rings (SSSR count). The Morgan fingerprint density at radius 2 is 1.46 bits per heavy atom. The predicted molar refractivity (Wildman–Crippen MR) is 99.2 cm³/mol. The maximum absolute atomic E-state index is 12.1. The van der Waals surface area contributed by atoms with E-state index in [2.05, 4.69) is 0 Å². The zero-order valence-corrected chi connectivity index (χ0v) is 16.2. The van der Waals surface area contributed by atoms with Crippen molar-refractivity contribution in [2.75, 3.05) is 7.05 Å². The number of aromatic hydroxyl groups is 1. The lowest BCUT2D eigenvalue weighted by molar-refractivity contribution is -0.121. The number of imide groups is 1. The highest BCUT2D eigenvalue weighted by Crippen LogP contribution is 2.41. The first-order valence-corrected chi connectivity index (χ1v) is 8.73. The predicted octanol–water partition coefficient (Wildman–Crippen LogP) is 4.65. The number of hydrogen-bond acceptors (Lipinski definition) is 4. The Hall–Kier alpha value is -1.75.